The van der Waals surface area contributed by atoms with Crippen molar-refractivity contribution in [3.63, 3.8) is 0 Å². The van der Waals surface area contributed by atoms with E-state index in [4.69, 9.17) is 9.47 Å². The van der Waals surface area contributed by atoms with Crippen LogP contribution in [0.5, 0.6) is 0 Å². The molecule has 1 amide bonds. The lowest BCUT2D eigenvalue weighted by Gasteiger charge is -2.39. The van der Waals surface area contributed by atoms with Crippen molar-refractivity contribution in [1.29, 1.82) is 0 Å². The van der Waals surface area contributed by atoms with Gasteiger partial charge in [-0.05, 0) is 34.6 Å². The zero-order valence-electron chi connectivity index (χ0n) is 10.9. The Morgan fingerprint density at radius 1 is 1.38 bits per heavy atom. The Bertz CT molecular complexity index is 239. The summed E-state index contributed by atoms with van der Waals surface area (Å²) in [5.74, 6) is 0.468. The summed E-state index contributed by atoms with van der Waals surface area (Å²) in [5, 5.41) is 0. The molecule has 94 valence electrons. The third-order valence-corrected chi connectivity index (χ3v) is 2.27. The second kappa shape index (κ2) is 5.04. The highest BCUT2D eigenvalue weighted by atomic mass is 16.6. The Morgan fingerprint density at radius 3 is 2.38 bits per heavy atom. The van der Waals surface area contributed by atoms with E-state index in [0.29, 0.717) is 5.92 Å². The average Bonchev–Trinajstić information content (AvgIpc) is 1.96. The fourth-order valence-corrected chi connectivity index (χ4v) is 1.48. The Balaban J connectivity index is 2.18. The fraction of sp³-hybridized carbons (Fsp3) is 0.917. The van der Waals surface area contributed by atoms with Gasteiger partial charge in [0.15, 0.2) is 0 Å². The first-order valence-corrected chi connectivity index (χ1v) is 5.87. The molecule has 1 rings (SSSR count). The van der Waals surface area contributed by atoms with Gasteiger partial charge < -0.3 is 14.4 Å². The largest absolute Gasteiger partial charge is 0.444 e. The molecule has 0 bridgehead atoms. The Kier molecular flexibility index (Phi) is 4.19. The molecule has 0 unspecified atom stereocenters. The SMILES string of the molecule is CC(C)OCC1CN(C(=O)OC(C)(C)C)C1. The summed E-state index contributed by atoms with van der Waals surface area (Å²) in [5.41, 5.74) is -0.406. The summed E-state index contributed by atoms with van der Waals surface area (Å²) in [6.45, 7) is 11.9. The number of carbonyl (C=O) groups is 1. The zero-order valence-corrected chi connectivity index (χ0v) is 10.9. The molecule has 16 heavy (non-hydrogen) atoms. The molecule has 0 radical (unpaired) electrons. The highest BCUT2D eigenvalue weighted by Gasteiger charge is 2.33. The first kappa shape index (κ1) is 13.3. The van der Waals surface area contributed by atoms with E-state index < -0.39 is 5.60 Å². The van der Waals surface area contributed by atoms with Gasteiger partial charge in [0.1, 0.15) is 5.60 Å². The molecule has 0 spiro atoms. The van der Waals surface area contributed by atoms with Gasteiger partial charge in [-0.3, -0.25) is 0 Å². The quantitative estimate of drug-likeness (QED) is 0.745. The summed E-state index contributed by atoms with van der Waals surface area (Å²) in [6, 6.07) is 0. The van der Waals surface area contributed by atoms with E-state index in [1.54, 1.807) is 4.90 Å². The van der Waals surface area contributed by atoms with Crippen LogP contribution in [0.4, 0.5) is 4.79 Å². The molecule has 1 aliphatic heterocycles. The molecule has 1 saturated heterocycles. The van der Waals surface area contributed by atoms with Crippen molar-refractivity contribution in [2.75, 3.05) is 19.7 Å². The third-order valence-electron chi connectivity index (χ3n) is 2.27. The number of nitrogens with zero attached hydrogens (tertiary/aromatic N) is 1. The molecule has 1 fully saturated rings. The summed E-state index contributed by atoms with van der Waals surface area (Å²) in [4.78, 5) is 13.3. The van der Waals surface area contributed by atoms with Crippen LogP contribution in [-0.4, -0.2) is 42.4 Å². The zero-order chi connectivity index (χ0) is 12.3. The van der Waals surface area contributed by atoms with E-state index in [-0.39, 0.29) is 12.2 Å². The second-order valence-corrected chi connectivity index (χ2v) is 5.63. The van der Waals surface area contributed by atoms with Crippen molar-refractivity contribution in [2.24, 2.45) is 5.92 Å². The van der Waals surface area contributed by atoms with E-state index in [0.717, 1.165) is 19.7 Å². The van der Waals surface area contributed by atoms with Crippen molar-refractivity contribution >= 4 is 6.09 Å². The normalized spacial score (nSPS) is 17.5. The smallest absolute Gasteiger partial charge is 0.410 e. The lowest BCUT2D eigenvalue weighted by atomic mass is 10.0. The Labute approximate surface area is 97.9 Å². The lowest BCUT2D eigenvalue weighted by Crippen LogP contribution is -2.53. The van der Waals surface area contributed by atoms with Crippen molar-refractivity contribution in [1.82, 2.24) is 4.90 Å². The van der Waals surface area contributed by atoms with Crippen LogP contribution in [0, 0.1) is 5.92 Å². The van der Waals surface area contributed by atoms with Gasteiger partial charge in [0, 0.05) is 19.0 Å². The summed E-state index contributed by atoms with van der Waals surface area (Å²) < 4.78 is 10.8. The predicted molar refractivity (Wildman–Crippen MR) is 62.4 cm³/mol. The highest BCUT2D eigenvalue weighted by Crippen LogP contribution is 2.19. The monoisotopic (exact) mass is 229 g/mol. The molecule has 4 heteroatoms. The van der Waals surface area contributed by atoms with Gasteiger partial charge in [-0.25, -0.2) is 4.79 Å². The minimum atomic E-state index is -0.406. The molecule has 0 aromatic rings. The number of likely N-dealkylation sites (tertiary alicyclic amines) is 1. The van der Waals surface area contributed by atoms with Crippen LogP contribution in [0.15, 0.2) is 0 Å². The van der Waals surface area contributed by atoms with E-state index in [1.807, 2.05) is 34.6 Å². The molecule has 0 aromatic heterocycles. The minimum absolute atomic E-state index is 0.215. The van der Waals surface area contributed by atoms with E-state index in [1.165, 1.54) is 0 Å². The Hall–Kier alpha value is -0.770. The van der Waals surface area contributed by atoms with Gasteiger partial charge in [-0.15, -0.1) is 0 Å². The predicted octanol–water partition coefficient (Wildman–Crippen LogP) is 2.28. The standard InChI is InChI=1S/C12H23NO3/c1-9(2)15-8-10-6-13(7-10)11(14)16-12(3,4)5/h9-10H,6-8H2,1-5H3. The highest BCUT2D eigenvalue weighted by molar-refractivity contribution is 5.69. The van der Waals surface area contributed by atoms with E-state index >= 15 is 0 Å². The number of rotatable bonds is 3. The first-order chi connectivity index (χ1) is 7.28. The maximum Gasteiger partial charge on any atom is 0.410 e. The summed E-state index contributed by atoms with van der Waals surface area (Å²) in [7, 11) is 0. The summed E-state index contributed by atoms with van der Waals surface area (Å²) in [6.07, 6.45) is 0.0453. The number of carbonyl (C=O) groups excluding carboxylic acids is 1. The first-order valence-electron chi connectivity index (χ1n) is 5.87. The maximum absolute atomic E-state index is 11.6. The van der Waals surface area contributed by atoms with Crippen LogP contribution in [0.2, 0.25) is 0 Å². The summed E-state index contributed by atoms with van der Waals surface area (Å²) >= 11 is 0. The molecule has 0 N–H and O–H groups in total. The molecule has 0 atom stereocenters. The van der Waals surface area contributed by atoms with Crippen LogP contribution in [0.3, 0.4) is 0 Å². The van der Waals surface area contributed by atoms with Crippen LogP contribution >= 0.6 is 0 Å². The number of amides is 1. The topological polar surface area (TPSA) is 38.8 Å². The molecular weight excluding hydrogens is 206 g/mol. The van der Waals surface area contributed by atoms with E-state index in [2.05, 4.69) is 0 Å². The maximum atomic E-state index is 11.6. The molecular formula is C12H23NO3. The number of hydrogen-bond acceptors (Lipinski definition) is 3. The fourth-order valence-electron chi connectivity index (χ4n) is 1.48. The van der Waals surface area contributed by atoms with E-state index in [9.17, 15) is 4.79 Å². The van der Waals surface area contributed by atoms with Gasteiger partial charge in [-0.1, -0.05) is 0 Å². The minimum Gasteiger partial charge on any atom is -0.444 e. The van der Waals surface area contributed by atoms with Gasteiger partial charge in [0.25, 0.3) is 0 Å². The van der Waals surface area contributed by atoms with Crippen LogP contribution in [0.25, 0.3) is 0 Å². The molecule has 0 aliphatic carbocycles. The van der Waals surface area contributed by atoms with Crippen LogP contribution in [-0.2, 0) is 9.47 Å². The average molecular weight is 229 g/mol. The van der Waals surface area contributed by atoms with Gasteiger partial charge in [0.2, 0.25) is 0 Å². The van der Waals surface area contributed by atoms with Gasteiger partial charge in [-0.2, -0.15) is 0 Å². The number of ether oxygens (including phenoxy) is 2. The van der Waals surface area contributed by atoms with Crippen molar-refractivity contribution < 1.29 is 14.3 Å². The van der Waals surface area contributed by atoms with Crippen molar-refractivity contribution in [3.8, 4) is 0 Å². The van der Waals surface area contributed by atoms with Gasteiger partial charge >= 0.3 is 6.09 Å². The van der Waals surface area contributed by atoms with Crippen LogP contribution < -0.4 is 0 Å². The molecule has 1 heterocycles. The molecule has 1 aliphatic rings. The van der Waals surface area contributed by atoms with Gasteiger partial charge in [0.05, 0.1) is 12.7 Å². The lowest BCUT2D eigenvalue weighted by molar-refractivity contribution is -0.0299. The molecule has 0 aromatic carbocycles. The molecule has 4 nitrogen and oxygen atoms in total. The third kappa shape index (κ3) is 4.39. The second-order valence-electron chi connectivity index (χ2n) is 5.63. The van der Waals surface area contributed by atoms with Crippen LogP contribution in [0.1, 0.15) is 34.6 Å². The van der Waals surface area contributed by atoms with Crippen molar-refractivity contribution in [2.45, 2.75) is 46.3 Å². The Morgan fingerprint density at radius 2 is 1.94 bits per heavy atom. The van der Waals surface area contributed by atoms with Crippen molar-refractivity contribution in [3.05, 3.63) is 0 Å². The number of hydrogen-bond donors (Lipinski definition) is 0. The molecule has 0 saturated carbocycles.